The van der Waals surface area contributed by atoms with Crippen molar-refractivity contribution < 1.29 is 21.6 Å². The van der Waals surface area contributed by atoms with Gasteiger partial charge in [-0.3, -0.25) is 0 Å². The first-order valence-electron chi connectivity index (χ1n) is 6.39. The molecule has 0 radical (unpaired) electrons. The van der Waals surface area contributed by atoms with E-state index in [0.717, 1.165) is 29.3 Å². The normalized spacial score (nSPS) is 12.9. The molecule has 8 heteroatoms. The van der Waals surface area contributed by atoms with E-state index in [1.807, 2.05) is 0 Å². The van der Waals surface area contributed by atoms with Gasteiger partial charge in [0, 0.05) is 19.5 Å². The second-order valence-electron chi connectivity index (χ2n) is 4.60. The lowest BCUT2D eigenvalue weighted by atomic mass is 10.2. The van der Waals surface area contributed by atoms with Gasteiger partial charge >= 0.3 is 6.18 Å². The summed E-state index contributed by atoms with van der Waals surface area (Å²) in [5.41, 5.74) is -0.973. The molecule has 0 aliphatic heterocycles. The molecule has 0 spiro atoms. The lowest BCUT2D eigenvalue weighted by Gasteiger charge is -2.18. The third-order valence-electron chi connectivity index (χ3n) is 2.98. The quantitative estimate of drug-likeness (QED) is 0.558. The predicted molar refractivity (Wildman–Crippen MR) is 75.8 cm³/mol. The number of alkyl halides is 4. The van der Waals surface area contributed by atoms with Crippen LogP contribution < -0.4 is 0 Å². The minimum Gasteiger partial charge on any atom is -0.207 e. The molecule has 0 atom stereocenters. The average molecular weight is 344 g/mol. The van der Waals surface area contributed by atoms with Crippen molar-refractivity contribution in [2.45, 2.75) is 30.3 Å². The Bertz CT molecular complexity index is 561. The standard InChI is InChI=1S/C13H17ClF3NO2S/c1-18(9-4-2-3-8-14)21(19,20)12-7-5-6-11(10-12)13(15,16)17/h5-7,10H,2-4,8-9H2,1H3. The largest absolute Gasteiger partial charge is 0.416 e. The van der Waals surface area contributed by atoms with Gasteiger partial charge in [-0.1, -0.05) is 12.5 Å². The second-order valence-corrected chi connectivity index (χ2v) is 7.02. The van der Waals surface area contributed by atoms with Gasteiger partial charge < -0.3 is 0 Å². The highest BCUT2D eigenvalue weighted by Gasteiger charge is 2.32. The van der Waals surface area contributed by atoms with Crippen molar-refractivity contribution in [1.29, 1.82) is 0 Å². The summed E-state index contributed by atoms with van der Waals surface area (Å²) in [4.78, 5) is -0.350. The number of hydrogen-bond donors (Lipinski definition) is 0. The maximum atomic E-state index is 12.6. The van der Waals surface area contributed by atoms with Crippen molar-refractivity contribution in [3.63, 3.8) is 0 Å². The molecule has 1 aromatic carbocycles. The first-order valence-corrected chi connectivity index (χ1v) is 8.36. The number of rotatable bonds is 7. The zero-order chi connectivity index (χ0) is 16.1. The number of nitrogens with zero attached hydrogens (tertiary/aromatic N) is 1. The number of halogens is 4. The van der Waals surface area contributed by atoms with Crippen LogP contribution in [0.2, 0.25) is 0 Å². The van der Waals surface area contributed by atoms with Crippen LogP contribution in [0.1, 0.15) is 24.8 Å². The Morgan fingerprint density at radius 3 is 2.43 bits per heavy atom. The fourth-order valence-corrected chi connectivity index (χ4v) is 3.18. The highest BCUT2D eigenvalue weighted by molar-refractivity contribution is 7.89. The maximum absolute atomic E-state index is 12.6. The molecule has 0 amide bonds. The van der Waals surface area contributed by atoms with Crippen LogP contribution in [-0.2, 0) is 16.2 Å². The Morgan fingerprint density at radius 1 is 1.19 bits per heavy atom. The predicted octanol–water partition coefficient (Wildman–Crippen LogP) is 3.74. The molecule has 1 aromatic rings. The zero-order valence-corrected chi connectivity index (χ0v) is 13.1. The molecule has 120 valence electrons. The molecule has 3 nitrogen and oxygen atoms in total. The minimum atomic E-state index is -4.57. The van der Waals surface area contributed by atoms with Crippen LogP contribution in [0, 0.1) is 0 Å². The van der Waals surface area contributed by atoms with Gasteiger partial charge in [0.05, 0.1) is 10.5 Å². The Labute approximate surface area is 127 Å². The van der Waals surface area contributed by atoms with Gasteiger partial charge in [0.25, 0.3) is 0 Å². The third kappa shape index (κ3) is 5.16. The maximum Gasteiger partial charge on any atom is 0.416 e. The summed E-state index contributed by atoms with van der Waals surface area (Å²) >= 11 is 5.52. The van der Waals surface area contributed by atoms with Gasteiger partial charge in [-0.2, -0.15) is 13.2 Å². The molecular weight excluding hydrogens is 327 g/mol. The Morgan fingerprint density at radius 2 is 1.86 bits per heavy atom. The van der Waals surface area contributed by atoms with E-state index in [2.05, 4.69) is 0 Å². The molecule has 21 heavy (non-hydrogen) atoms. The molecule has 0 aromatic heterocycles. The zero-order valence-electron chi connectivity index (χ0n) is 11.5. The monoisotopic (exact) mass is 343 g/mol. The lowest BCUT2D eigenvalue weighted by molar-refractivity contribution is -0.137. The summed E-state index contributed by atoms with van der Waals surface area (Å²) in [5, 5.41) is 0. The molecule has 0 saturated carbocycles. The molecule has 0 unspecified atom stereocenters. The van der Waals surface area contributed by atoms with E-state index in [9.17, 15) is 21.6 Å². The highest BCUT2D eigenvalue weighted by atomic mass is 35.5. The Kier molecular flexibility index (Phi) is 6.49. The van der Waals surface area contributed by atoms with Crippen molar-refractivity contribution in [2.24, 2.45) is 0 Å². The van der Waals surface area contributed by atoms with E-state index in [-0.39, 0.29) is 11.4 Å². The van der Waals surface area contributed by atoms with E-state index >= 15 is 0 Å². The Hall–Kier alpha value is -0.790. The third-order valence-corrected chi connectivity index (χ3v) is 5.10. The van der Waals surface area contributed by atoms with Crippen LogP contribution in [0.4, 0.5) is 13.2 Å². The molecule has 0 heterocycles. The number of hydrogen-bond acceptors (Lipinski definition) is 2. The smallest absolute Gasteiger partial charge is 0.207 e. The number of benzene rings is 1. The van der Waals surface area contributed by atoms with E-state index in [4.69, 9.17) is 11.6 Å². The number of sulfonamides is 1. The first kappa shape index (κ1) is 18.3. The van der Waals surface area contributed by atoms with Crippen LogP contribution in [-0.4, -0.2) is 32.2 Å². The van der Waals surface area contributed by atoms with Gasteiger partial charge in [-0.15, -0.1) is 11.6 Å². The fourth-order valence-electron chi connectivity index (χ4n) is 1.74. The van der Waals surface area contributed by atoms with Crippen molar-refractivity contribution in [3.8, 4) is 0 Å². The SMILES string of the molecule is CN(CCCCCCl)S(=O)(=O)c1cccc(C(F)(F)F)c1. The topological polar surface area (TPSA) is 37.4 Å². The van der Waals surface area contributed by atoms with Crippen LogP contribution in [0.5, 0.6) is 0 Å². The fraction of sp³-hybridized carbons (Fsp3) is 0.538. The van der Waals surface area contributed by atoms with Crippen molar-refractivity contribution in [2.75, 3.05) is 19.5 Å². The molecule has 0 N–H and O–H groups in total. The van der Waals surface area contributed by atoms with Gasteiger partial charge in [0.2, 0.25) is 10.0 Å². The molecule has 0 bridgehead atoms. The second kappa shape index (κ2) is 7.47. The highest BCUT2D eigenvalue weighted by Crippen LogP contribution is 2.31. The van der Waals surface area contributed by atoms with Crippen molar-refractivity contribution in [1.82, 2.24) is 4.31 Å². The molecular formula is C13H17ClF3NO2S. The van der Waals surface area contributed by atoms with Crippen molar-refractivity contribution >= 4 is 21.6 Å². The van der Waals surface area contributed by atoms with Gasteiger partial charge in [-0.05, 0) is 31.0 Å². The van der Waals surface area contributed by atoms with E-state index in [0.29, 0.717) is 18.4 Å². The minimum absolute atomic E-state index is 0.246. The number of unbranched alkanes of at least 4 members (excludes halogenated alkanes) is 2. The van der Waals surface area contributed by atoms with Crippen molar-refractivity contribution in [3.05, 3.63) is 29.8 Å². The van der Waals surface area contributed by atoms with Gasteiger partial charge in [-0.25, -0.2) is 12.7 Å². The lowest BCUT2D eigenvalue weighted by Crippen LogP contribution is -2.28. The molecule has 0 fully saturated rings. The summed E-state index contributed by atoms with van der Waals surface area (Å²) < 4.78 is 63.4. The average Bonchev–Trinajstić information content (AvgIpc) is 2.42. The molecule has 0 saturated heterocycles. The van der Waals surface area contributed by atoms with Crippen LogP contribution in [0.15, 0.2) is 29.2 Å². The molecule has 0 aliphatic carbocycles. The Balaban J connectivity index is 2.87. The molecule has 1 rings (SSSR count). The summed E-state index contributed by atoms with van der Waals surface area (Å²) in [6.45, 7) is 0.246. The summed E-state index contributed by atoms with van der Waals surface area (Å²) in [6, 6.07) is 3.76. The van der Waals surface area contributed by atoms with E-state index in [1.165, 1.54) is 13.1 Å². The van der Waals surface area contributed by atoms with E-state index in [1.54, 1.807) is 0 Å². The van der Waals surface area contributed by atoms with Crippen LogP contribution in [0.3, 0.4) is 0 Å². The summed E-state index contributed by atoms with van der Waals surface area (Å²) in [6.07, 6.45) is -2.41. The summed E-state index contributed by atoms with van der Waals surface area (Å²) in [7, 11) is -2.55. The van der Waals surface area contributed by atoms with E-state index < -0.39 is 21.8 Å². The van der Waals surface area contributed by atoms with Gasteiger partial charge in [0.1, 0.15) is 0 Å². The van der Waals surface area contributed by atoms with Crippen LogP contribution in [0.25, 0.3) is 0 Å². The van der Waals surface area contributed by atoms with Crippen LogP contribution >= 0.6 is 11.6 Å². The molecule has 0 aliphatic rings. The summed E-state index contributed by atoms with van der Waals surface area (Å²) in [5.74, 6) is 0.504. The first-order chi connectivity index (χ1) is 9.69. The van der Waals surface area contributed by atoms with Gasteiger partial charge in [0.15, 0.2) is 0 Å².